The summed E-state index contributed by atoms with van der Waals surface area (Å²) in [5.41, 5.74) is 0.398. The average Bonchev–Trinajstić information content (AvgIpc) is 3.26. The van der Waals surface area contributed by atoms with Gasteiger partial charge in [0, 0.05) is 29.1 Å². The monoisotopic (exact) mass is 455 g/mol. The van der Waals surface area contributed by atoms with Gasteiger partial charge in [-0.1, -0.05) is 39.3 Å². The predicted molar refractivity (Wildman–Crippen MR) is 123 cm³/mol. The summed E-state index contributed by atoms with van der Waals surface area (Å²) in [6, 6.07) is 7.42. The number of nitrogens with one attached hydrogen (secondary N) is 2. The molecule has 4 rings (SSSR count). The number of hydrogen-bond acceptors (Lipinski definition) is 5. The van der Waals surface area contributed by atoms with Crippen molar-refractivity contribution in [2.24, 2.45) is 10.8 Å². The summed E-state index contributed by atoms with van der Waals surface area (Å²) in [4.78, 5) is 13.0. The van der Waals surface area contributed by atoms with Gasteiger partial charge in [-0.25, -0.2) is 0 Å². The minimum Gasteiger partial charge on any atom is -0.489 e. The van der Waals surface area contributed by atoms with E-state index in [1.54, 1.807) is 24.4 Å². The second-order valence-corrected chi connectivity index (χ2v) is 10.4. The topological polar surface area (TPSA) is 92.0 Å². The Kier molecular flexibility index (Phi) is 5.95. The van der Waals surface area contributed by atoms with E-state index < -0.39 is 0 Å². The summed E-state index contributed by atoms with van der Waals surface area (Å²) in [5, 5.41) is 20.5. The van der Waals surface area contributed by atoms with Crippen LogP contribution in [0.5, 0.6) is 5.75 Å². The molecule has 32 heavy (non-hydrogen) atoms. The van der Waals surface area contributed by atoms with Crippen molar-refractivity contribution < 1.29 is 9.53 Å². The van der Waals surface area contributed by atoms with E-state index in [2.05, 4.69) is 49.5 Å². The minimum absolute atomic E-state index is 0.0800. The SMILES string of the molecule is CC1(C)C(NC(=O)c2cnn(C3CCNCC3)c2)C(C)(C)C1Oc1ccc(C#N)c(Cl)c1. The Balaban J connectivity index is 1.44. The first-order chi connectivity index (χ1) is 15.1. The predicted octanol–water partition coefficient (Wildman–Crippen LogP) is 3.94. The fraction of sp³-hybridized carbons (Fsp3) is 0.542. The van der Waals surface area contributed by atoms with E-state index >= 15 is 0 Å². The van der Waals surface area contributed by atoms with E-state index in [1.165, 1.54) is 0 Å². The van der Waals surface area contributed by atoms with Crippen molar-refractivity contribution in [1.82, 2.24) is 20.4 Å². The lowest BCUT2D eigenvalue weighted by Gasteiger charge is -2.63. The van der Waals surface area contributed by atoms with Crippen LogP contribution in [0, 0.1) is 22.2 Å². The number of hydrogen-bond donors (Lipinski definition) is 2. The molecule has 8 heteroatoms. The molecule has 2 aliphatic rings. The van der Waals surface area contributed by atoms with Crippen molar-refractivity contribution in [3.05, 3.63) is 46.7 Å². The quantitative estimate of drug-likeness (QED) is 0.712. The van der Waals surface area contributed by atoms with Gasteiger partial charge >= 0.3 is 0 Å². The molecule has 2 fully saturated rings. The number of halogens is 1. The van der Waals surface area contributed by atoms with Crippen molar-refractivity contribution in [2.75, 3.05) is 13.1 Å². The molecule has 2 aromatic rings. The average molecular weight is 456 g/mol. The number of carbonyl (C=O) groups excluding carboxylic acids is 1. The summed E-state index contributed by atoms with van der Waals surface area (Å²) in [6.45, 7) is 10.3. The van der Waals surface area contributed by atoms with E-state index in [0.717, 1.165) is 25.9 Å². The molecule has 1 amide bonds. The van der Waals surface area contributed by atoms with Gasteiger partial charge in [0.1, 0.15) is 17.9 Å². The number of aromatic nitrogens is 2. The summed E-state index contributed by atoms with van der Waals surface area (Å²) in [7, 11) is 0. The van der Waals surface area contributed by atoms with E-state index in [0.29, 0.717) is 27.9 Å². The number of benzene rings is 1. The third-order valence-electron chi connectivity index (χ3n) is 6.98. The number of rotatable bonds is 5. The molecule has 1 aromatic heterocycles. The number of carbonyl (C=O) groups is 1. The normalized spacial score (nSPS) is 24.2. The van der Waals surface area contributed by atoms with Crippen LogP contribution in [-0.4, -0.2) is 40.9 Å². The molecule has 1 aliphatic carbocycles. The molecule has 2 heterocycles. The minimum atomic E-state index is -0.301. The molecule has 1 saturated heterocycles. The highest BCUT2D eigenvalue weighted by molar-refractivity contribution is 6.31. The Labute approximate surface area is 194 Å². The molecule has 0 unspecified atom stereocenters. The van der Waals surface area contributed by atoms with E-state index in [1.807, 2.05) is 10.9 Å². The molecule has 7 nitrogen and oxygen atoms in total. The van der Waals surface area contributed by atoms with Crippen LogP contribution >= 0.6 is 11.6 Å². The maximum atomic E-state index is 13.0. The molecule has 2 N–H and O–H groups in total. The third-order valence-corrected chi connectivity index (χ3v) is 7.29. The van der Waals surface area contributed by atoms with Gasteiger partial charge in [0.05, 0.1) is 28.4 Å². The first-order valence-electron chi connectivity index (χ1n) is 11.1. The second kappa shape index (κ2) is 8.42. The van der Waals surface area contributed by atoms with Crippen LogP contribution in [-0.2, 0) is 0 Å². The largest absolute Gasteiger partial charge is 0.489 e. The van der Waals surface area contributed by atoms with Gasteiger partial charge in [0.2, 0.25) is 0 Å². The molecule has 1 aromatic carbocycles. The lowest BCUT2D eigenvalue weighted by Crippen LogP contribution is -2.74. The van der Waals surface area contributed by atoms with Gasteiger partial charge in [-0.05, 0) is 38.1 Å². The van der Waals surface area contributed by atoms with Gasteiger partial charge in [0.25, 0.3) is 5.91 Å². The van der Waals surface area contributed by atoms with Gasteiger partial charge in [-0.3, -0.25) is 9.48 Å². The Morgan fingerprint density at radius 2 is 1.97 bits per heavy atom. The van der Waals surface area contributed by atoms with Gasteiger partial charge in [-0.15, -0.1) is 0 Å². The van der Waals surface area contributed by atoms with E-state index in [4.69, 9.17) is 21.6 Å². The summed E-state index contributed by atoms with van der Waals surface area (Å²) in [6.07, 6.45) is 5.41. The molecule has 0 bridgehead atoms. The molecule has 0 radical (unpaired) electrons. The number of piperidine rings is 1. The van der Waals surface area contributed by atoms with Crippen LogP contribution in [0.3, 0.4) is 0 Å². The highest BCUT2D eigenvalue weighted by Gasteiger charge is 2.64. The zero-order valence-corrected chi connectivity index (χ0v) is 19.7. The summed E-state index contributed by atoms with van der Waals surface area (Å²) in [5.74, 6) is 0.504. The lowest BCUT2D eigenvalue weighted by molar-refractivity contribution is -0.164. The van der Waals surface area contributed by atoms with Crippen LogP contribution in [0.2, 0.25) is 5.02 Å². The van der Waals surface area contributed by atoms with E-state index in [9.17, 15) is 4.79 Å². The fourth-order valence-electron chi connectivity index (χ4n) is 5.54. The molecule has 1 aliphatic heterocycles. The molecular weight excluding hydrogens is 426 g/mol. The van der Waals surface area contributed by atoms with E-state index in [-0.39, 0.29) is 28.9 Å². The lowest BCUT2D eigenvalue weighted by atomic mass is 9.49. The standard InChI is InChI=1S/C24H30ClN5O2/c1-23(2)21(24(3,4)22(23)32-18-6-5-15(12-26)19(25)11-18)29-20(31)16-13-28-30(14-16)17-7-9-27-10-8-17/h5-6,11,13-14,17,21-22,27H,7-10H2,1-4H3,(H,29,31). The number of nitriles is 1. The second-order valence-electron chi connectivity index (χ2n) is 9.99. The van der Waals surface area contributed by atoms with Crippen LogP contribution in [0.1, 0.15) is 62.5 Å². The van der Waals surface area contributed by atoms with Crippen LogP contribution in [0.4, 0.5) is 0 Å². The van der Waals surface area contributed by atoms with Crippen LogP contribution in [0.15, 0.2) is 30.6 Å². The Hall–Kier alpha value is -2.56. The number of nitrogens with zero attached hydrogens (tertiary/aromatic N) is 3. The van der Waals surface area contributed by atoms with Crippen molar-refractivity contribution in [1.29, 1.82) is 5.26 Å². The van der Waals surface area contributed by atoms with Gasteiger partial charge < -0.3 is 15.4 Å². The van der Waals surface area contributed by atoms with Crippen molar-refractivity contribution in [3.8, 4) is 11.8 Å². The zero-order valence-electron chi connectivity index (χ0n) is 19.0. The zero-order chi connectivity index (χ0) is 23.1. The molecule has 0 atom stereocenters. The maximum absolute atomic E-state index is 13.0. The highest BCUT2D eigenvalue weighted by atomic mass is 35.5. The van der Waals surface area contributed by atoms with Gasteiger partial charge in [0.15, 0.2) is 0 Å². The number of amides is 1. The first-order valence-corrected chi connectivity index (χ1v) is 11.4. The Morgan fingerprint density at radius 1 is 1.28 bits per heavy atom. The first kappa shape index (κ1) is 22.6. The van der Waals surface area contributed by atoms with Crippen LogP contribution < -0.4 is 15.4 Å². The molecule has 170 valence electrons. The Bertz CT molecular complexity index is 1030. The molecule has 1 saturated carbocycles. The van der Waals surface area contributed by atoms with Crippen molar-refractivity contribution in [3.63, 3.8) is 0 Å². The van der Waals surface area contributed by atoms with Crippen molar-refractivity contribution in [2.45, 2.75) is 58.7 Å². The molecular formula is C24H30ClN5O2. The maximum Gasteiger partial charge on any atom is 0.254 e. The summed E-state index contributed by atoms with van der Waals surface area (Å²) >= 11 is 6.17. The fourth-order valence-corrected chi connectivity index (χ4v) is 5.75. The van der Waals surface area contributed by atoms with Gasteiger partial charge in [-0.2, -0.15) is 10.4 Å². The van der Waals surface area contributed by atoms with Crippen LogP contribution in [0.25, 0.3) is 0 Å². The highest BCUT2D eigenvalue weighted by Crippen LogP contribution is 2.55. The smallest absolute Gasteiger partial charge is 0.254 e. The third kappa shape index (κ3) is 3.98. The van der Waals surface area contributed by atoms with Crippen molar-refractivity contribution >= 4 is 17.5 Å². The molecule has 0 spiro atoms. The number of ether oxygens (including phenoxy) is 1. The summed E-state index contributed by atoms with van der Waals surface area (Å²) < 4.78 is 8.22. The Morgan fingerprint density at radius 3 is 2.59 bits per heavy atom.